The largest absolute Gasteiger partial charge is 0.505 e. The van der Waals surface area contributed by atoms with E-state index < -0.39 is 15.4 Å². The van der Waals surface area contributed by atoms with Gasteiger partial charge in [0.1, 0.15) is 0 Å². The molecule has 0 aliphatic rings. The van der Waals surface area contributed by atoms with Crippen molar-refractivity contribution in [2.75, 3.05) is 18.5 Å². The van der Waals surface area contributed by atoms with Crippen molar-refractivity contribution in [3.63, 3.8) is 0 Å². The molecule has 0 rings (SSSR count). The van der Waals surface area contributed by atoms with Crippen molar-refractivity contribution in [3.8, 4) is 0 Å². The molecular weight excluding hydrogens is 342 g/mol. The maximum atomic E-state index is 11.7. The fraction of sp³-hybridized carbons (Fsp3) is 1.00. The zero-order valence-electron chi connectivity index (χ0n) is 16.2. The molecule has 0 aliphatic carbocycles. The van der Waals surface area contributed by atoms with Crippen LogP contribution in [0.5, 0.6) is 0 Å². The van der Waals surface area contributed by atoms with E-state index in [1.54, 1.807) is 0 Å². The molecule has 0 saturated carbocycles. The fourth-order valence-corrected chi connectivity index (χ4v) is 4.51. The Kier molecular flexibility index (Phi) is 21.6. The second kappa shape index (κ2) is 19.6. The van der Waals surface area contributed by atoms with Gasteiger partial charge in [0, 0.05) is 12.3 Å². The van der Waals surface area contributed by atoms with Gasteiger partial charge < -0.3 is 4.89 Å². The highest BCUT2D eigenvalue weighted by molar-refractivity contribution is 7.57. The van der Waals surface area contributed by atoms with Gasteiger partial charge >= 0.3 is 8.03 Å². The number of rotatable bonds is 15. The van der Waals surface area contributed by atoms with Gasteiger partial charge in [-0.05, 0) is 30.2 Å². The molecular formula is C18H41O4P2+. The van der Waals surface area contributed by atoms with Gasteiger partial charge in [-0.25, -0.2) is 0 Å². The summed E-state index contributed by atoms with van der Waals surface area (Å²) in [6, 6.07) is 0. The molecule has 0 spiro atoms. The maximum Gasteiger partial charge on any atom is 0.505 e. The molecule has 0 saturated heterocycles. The standard InChI is InChI=1S/C12H27O2P.C6H13O2P/c1-3-5-7-9-11-15(13,14)12-10-8-6-4-2;1-2-3-4-5-6-9(7)8/h3-12H2,1-2H3,(H,13,14);2-6H2,1H3/p+1. The molecule has 0 aliphatic heterocycles. The van der Waals surface area contributed by atoms with Crippen molar-refractivity contribution in [2.24, 2.45) is 0 Å². The van der Waals surface area contributed by atoms with Crippen LogP contribution in [0.25, 0.3) is 0 Å². The van der Waals surface area contributed by atoms with Crippen LogP contribution >= 0.6 is 15.4 Å². The molecule has 1 atom stereocenters. The average Bonchev–Trinajstić information content (AvgIpc) is 2.53. The SMILES string of the molecule is CCCCCCP(=O)(O)CCCCCC.CCCCCC[P+](=O)O. The lowest BCUT2D eigenvalue weighted by Crippen LogP contribution is -1.95. The van der Waals surface area contributed by atoms with E-state index in [1.165, 1.54) is 38.5 Å². The highest BCUT2D eigenvalue weighted by Crippen LogP contribution is 2.42. The van der Waals surface area contributed by atoms with Crippen LogP contribution in [0.15, 0.2) is 0 Å². The van der Waals surface area contributed by atoms with Gasteiger partial charge in [0.25, 0.3) is 0 Å². The van der Waals surface area contributed by atoms with Crippen molar-refractivity contribution in [2.45, 2.75) is 97.8 Å². The molecule has 0 aromatic rings. The number of hydrogen-bond acceptors (Lipinski definition) is 2. The molecule has 0 amide bonds. The van der Waals surface area contributed by atoms with Crippen LogP contribution < -0.4 is 0 Å². The first-order chi connectivity index (χ1) is 11.4. The Bertz CT molecular complexity index is 306. The summed E-state index contributed by atoms with van der Waals surface area (Å²) in [5, 5.41) is 0. The number of hydrogen-bond donors (Lipinski definition) is 2. The molecule has 0 bridgehead atoms. The highest BCUT2D eigenvalue weighted by Gasteiger charge is 2.16. The predicted molar refractivity (Wildman–Crippen MR) is 107 cm³/mol. The summed E-state index contributed by atoms with van der Waals surface area (Å²) >= 11 is 0. The van der Waals surface area contributed by atoms with Crippen molar-refractivity contribution < 1.29 is 18.9 Å². The van der Waals surface area contributed by atoms with Gasteiger partial charge in [-0.3, -0.25) is 4.57 Å². The van der Waals surface area contributed by atoms with Crippen molar-refractivity contribution >= 4 is 15.4 Å². The molecule has 146 valence electrons. The van der Waals surface area contributed by atoms with E-state index in [2.05, 4.69) is 20.8 Å². The van der Waals surface area contributed by atoms with Gasteiger partial charge in [-0.15, -0.1) is 0 Å². The Labute approximate surface area is 151 Å². The Hall–Kier alpha value is 0.250. The summed E-state index contributed by atoms with van der Waals surface area (Å²) in [5.74, 6) is 0. The Balaban J connectivity index is 0. The summed E-state index contributed by atoms with van der Waals surface area (Å²) in [6.45, 7) is 6.44. The lowest BCUT2D eigenvalue weighted by Gasteiger charge is -2.10. The first kappa shape index (κ1) is 26.5. The molecule has 1 unspecified atom stereocenters. The topological polar surface area (TPSA) is 74.6 Å². The van der Waals surface area contributed by atoms with Crippen molar-refractivity contribution in [1.82, 2.24) is 0 Å². The fourth-order valence-electron chi connectivity index (χ4n) is 2.36. The third-order valence-electron chi connectivity index (χ3n) is 3.93. The van der Waals surface area contributed by atoms with E-state index in [1.807, 2.05) is 0 Å². The first-order valence-electron chi connectivity index (χ1n) is 9.84. The van der Waals surface area contributed by atoms with E-state index >= 15 is 0 Å². The molecule has 0 fully saturated rings. The highest BCUT2D eigenvalue weighted by atomic mass is 31.2. The zero-order valence-corrected chi connectivity index (χ0v) is 18.0. The van der Waals surface area contributed by atoms with E-state index in [4.69, 9.17) is 4.89 Å². The van der Waals surface area contributed by atoms with Crippen LogP contribution in [0.3, 0.4) is 0 Å². The summed E-state index contributed by atoms with van der Waals surface area (Å²) < 4.78 is 21.8. The van der Waals surface area contributed by atoms with E-state index in [9.17, 15) is 14.0 Å². The van der Waals surface area contributed by atoms with Gasteiger partial charge in [-0.2, -0.15) is 4.89 Å². The molecule has 24 heavy (non-hydrogen) atoms. The number of unbranched alkanes of at least 4 members (excludes halogenated alkanes) is 9. The zero-order chi connectivity index (χ0) is 18.7. The monoisotopic (exact) mass is 383 g/mol. The maximum absolute atomic E-state index is 11.7. The minimum absolute atomic E-state index is 0.481. The van der Waals surface area contributed by atoms with Gasteiger partial charge in [-0.1, -0.05) is 72.1 Å². The summed E-state index contributed by atoms with van der Waals surface area (Å²) in [6.07, 6.45) is 14.7. The molecule has 4 nitrogen and oxygen atoms in total. The van der Waals surface area contributed by atoms with E-state index in [0.29, 0.717) is 18.5 Å². The van der Waals surface area contributed by atoms with Crippen LogP contribution in [0.2, 0.25) is 0 Å². The molecule has 0 radical (unpaired) electrons. The first-order valence-corrected chi connectivity index (χ1v) is 13.3. The quantitative estimate of drug-likeness (QED) is 0.243. The summed E-state index contributed by atoms with van der Waals surface area (Å²) in [4.78, 5) is 18.0. The molecule has 0 aromatic heterocycles. The predicted octanol–water partition coefficient (Wildman–Crippen LogP) is 6.72. The van der Waals surface area contributed by atoms with Crippen molar-refractivity contribution in [1.29, 1.82) is 0 Å². The van der Waals surface area contributed by atoms with E-state index in [0.717, 1.165) is 38.5 Å². The smallest absolute Gasteiger partial charge is 0.344 e. The summed E-state index contributed by atoms with van der Waals surface area (Å²) in [7, 11) is -4.64. The molecule has 2 N–H and O–H groups in total. The third kappa shape index (κ3) is 24.5. The Morgan fingerprint density at radius 3 is 1.42 bits per heavy atom. The Morgan fingerprint density at radius 2 is 1.08 bits per heavy atom. The normalized spacial score (nSPS) is 11.8. The van der Waals surface area contributed by atoms with Crippen LogP contribution in [0, 0.1) is 0 Å². The lowest BCUT2D eigenvalue weighted by molar-refractivity contribution is 0.470. The van der Waals surface area contributed by atoms with Gasteiger partial charge in [0.15, 0.2) is 6.16 Å². The molecule has 0 heterocycles. The van der Waals surface area contributed by atoms with Crippen LogP contribution in [-0.2, 0) is 9.13 Å². The second-order valence-electron chi connectivity index (χ2n) is 6.55. The average molecular weight is 383 g/mol. The molecule has 6 heteroatoms. The summed E-state index contributed by atoms with van der Waals surface area (Å²) in [5.41, 5.74) is 0. The van der Waals surface area contributed by atoms with Crippen LogP contribution in [0.1, 0.15) is 97.8 Å². The minimum Gasteiger partial charge on any atom is -0.344 e. The van der Waals surface area contributed by atoms with Crippen molar-refractivity contribution in [3.05, 3.63) is 0 Å². The Morgan fingerprint density at radius 1 is 0.708 bits per heavy atom. The van der Waals surface area contributed by atoms with Gasteiger partial charge in [0.2, 0.25) is 7.37 Å². The van der Waals surface area contributed by atoms with Crippen LogP contribution in [0.4, 0.5) is 0 Å². The van der Waals surface area contributed by atoms with Gasteiger partial charge in [0.05, 0.1) is 0 Å². The third-order valence-corrected chi connectivity index (χ3v) is 6.65. The van der Waals surface area contributed by atoms with E-state index in [-0.39, 0.29) is 0 Å². The minimum atomic E-state index is -2.77. The van der Waals surface area contributed by atoms with Crippen LogP contribution in [-0.4, -0.2) is 28.3 Å². The second-order valence-corrected chi connectivity index (χ2v) is 10.3. The lowest BCUT2D eigenvalue weighted by atomic mass is 10.2. The molecule has 0 aromatic carbocycles.